The molecule has 0 bridgehead atoms. The van der Waals surface area contributed by atoms with E-state index in [4.69, 9.17) is 15.0 Å². The van der Waals surface area contributed by atoms with Gasteiger partial charge in [-0.1, -0.05) is 35.0 Å². The Labute approximate surface area is 181 Å². The van der Waals surface area contributed by atoms with Crippen LogP contribution in [0.2, 0.25) is 0 Å². The van der Waals surface area contributed by atoms with E-state index in [1.165, 1.54) is 0 Å². The van der Waals surface area contributed by atoms with Gasteiger partial charge in [0.1, 0.15) is 16.7 Å². The van der Waals surface area contributed by atoms with Crippen LogP contribution in [0, 0.1) is 6.92 Å². The molecule has 0 spiro atoms. The molecule has 7 heteroatoms. The Kier molecular flexibility index (Phi) is 4.43. The number of para-hydroxylation sites is 2. The summed E-state index contributed by atoms with van der Waals surface area (Å²) >= 11 is 3.49. The normalized spacial score (nSPS) is 12.8. The Morgan fingerprint density at radius 2 is 1.63 bits per heavy atom. The number of fused-ring (bicyclic) bond motifs is 4. The molecule has 5 aromatic rings. The van der Waals surface area contributed by atoms with Crippen molar-refractivity contribution in [2.75, 3.05) is 0 Å². The number of hydrogen-bond acceptors (Lipinski definition) is 4. The third kappa shape index (κ3) is 2.76. The van der Waals surface area contributed by atoms with Crippen molar-refractivity contribution in [3.8, 4) is 5.69 Å². The molecule has 0 saturated carbocycles. The lowest BCUT2D eigenvalue weighted by Gasteiger charge is -2.16. The van der Waals surface area contributed by atoms with Crippen LogP contribution in [-0.4, -0.2) is 24.1 Å². The lowest BCUT2D eigenvalue weighted by Crippen LogP contribution is -2.26. The van der Waals surface area contributed by atoms with Crippen molar-refractivity contribution in [1.82, 2.24) is 24.1 Å². The second kappa shape index (κ2) is 7.02. The second-order valence-electron chi connectivity index (χ2n) is 7.49. The van der Waals surface area contributed by atoms with Crippen LogP contribution in [0.4, 0.5) is 0 Å². The van der Waals surface area contributed by atoms with Gasteiger partial charge in [0.25, 0.3) is 5.56 Å². The summed E-state index contributed by atoms with van der Waals surface area (Å²) in [6.45, 7) is 5.99. The van der Waals surface area contributed by atoms with Crippen molar-refractivity contribution in [2.45, 2.75) is 33.2 Å². The molecule has 0 amide bonds. The molecule has 0 aliphatic carbocycles. The summed E-state index contributed by atoms with van der Waals surface area (Å²) in [5.41, 5.74) is 4.16. The van der Waals surface area contributed by atoms with Gasteiger partial charge in [-0.05, 0) is 56.7 Å². The van der Waals surface area contributed by atoms with Crippen molar-refractivity contribution >= 4 is 49.2 Å². The molecule has 0 fully saturated rings. The van der Waals surface area contributed by atoms with Gasteiger partial charge < -0.3 is 0 Å². The first-order valence-electron chi connectivity index (χ1n) is 9.95. The van der Waals surface area contributed by atoms with Gasteiger partial charge in [0, 0.05) is 16.2 Å². The Morgan fingerprint density at radius 3 is 2.30 bits per heavy atom. The minimum absolute atomic E-state index is 0.0499. The monoisotopic (exact) mass is 461 g/mol. The molecular weight excluding hydrogens is 442 g/mol. The molecule has 6 nitrogen and oxygen atoms in total. The highest BCUT2D eigenvalue weighted by atomic mass is 79.9. The van der Waals surface area contributed by atoms with Gasteiger partial charge in [-0.3, -0.25) is 13.9 Å². The Hall–Kier alpha value is -3.06. The minimum atomic E-state index is -0.0720. The van der Waals surface area contributed by atoms with Gasteiger partial charge in [-0.25, -0.2) is 15.0 Å². The molecule has 1 atom stereocenters. The molecule has 0 unspecified atom stereocenters. The number of aryl methyl sites for hydroxylation is 1. The second-order valence-corrected chi connectivity index (χ2v) is 8.40. The van der Waals surface area contributed by atoms with Gasteiger partial charge in [0.15, 0.2) is 11.3 Å². The first-order valence-corrected chi connectivity index (χ1v) is 10.7. The van der Waals surface area contributed by atoms with Gasteiger partial charge in [0.05, 0.1) is 11.0 Å². The summed E-state index contributed by atoms with van der Waals surface area (Å²) < 4.78 is 4.68. The molecule has 150 valence electrons. The molecule has 0 aliphatic rings. The van der Waals surface area contributed by atoms with Crippen molar-refractivity contribution in [1.29, 1.82) is 0 Å². The van der Waals surface area contributed by atoms with Gasteiger partial charge in [0.2, 0.25) is 0 Å². The molecule has 3 heterocycles. The fraction of sp³-hybridized carbons (Fsp3) is 0.217. The number of halogens is 1. The van der Waals surface area contributed by atoms with Crippen LogP contribution in [0.15, 0.2) is 57.8 Å². The zero-order valence-electron chi connectivity index (χ0n) is 16.9. The van der Waals surface area contributed by atoms with Crippen LogP contribution in [0.3, 0.4) is 0 Å². The fourth-order valence-corrected chi connectivity index (χ4v) is 4.21. The predicted molar refractivity (Wildman–Crippen MR) is 123 cm³/mol. The van der Waals surface area contributed by atoms with E-state index in [1.807, 2.05) is 66.9 Å². The van der Waals surface area contributed by atoms with Crippen LogP contribution in [-0.2, 0) is 0 Å². The summed E-state index contributed by atoms with van der Waals surface area (Å²) in [4.78, 5) is 28.2. The predicted octanol–water partition coefficient (Wildman–Crippen LogP) is 5.33. The third-order valence-electron chi connectivity index (χ3n) is 5.60. The number of hydrogen-bond donors (Lipinski definition) is 0. The summed E-state index contributed by atoms with van der Waals surface area (Å²) in [6, 6.07) is 15.7. The first-order chi connectivity index (χ1) is 14.5. The van der Waals surface area contributed by atoms with Gasteiger partial charge >= 0.3 is 0 Å². The maximum absolute atomic E-state index is 13.6. The third-order valence-corrected chi connectivity index (χ3v) is 6.13. The van der Waals surface area contributed by atoms with E-state index in [9.17, 15) is 4.79 Å². The average Bonchev–Trinajstić information content (AvgIpc) is 3.05. The van der Waals surface area contributed by atoms with Gasteiger partial charge in [-0.15, -0.1) is 0 Å². The Bertz CT molecular complexity index is 1480. The minimum Gasteiger partial charge on any atom is -0.293 e. The number of nitrogens with zero attached hydrogens (tertiary/aromatic N) is 5. The molecule has 5 rings (SSSR count). The maximum Gasteiger partial charge on any atom is 0.265 e. The van der Waals surface area contributed by atoms with E-state index in [2.05, 4.69) is 22.9 Å². The highest BCUT2D eigenvalue weighted by molar-refractivity contribution is 9.10. The fourth-order valence-electron chi connectivity index (χ4n) is 3.95. The summed E-state index contributed by atoms with van der Waals surface area (Å²) in [7, 11) is 0. The van der Waals surface area contributed by atoms with E-state index < -0.39 is 0 Å². The molecule has 0 radical (unpaired) electrons. The maximum atomic E-state index is 13.6. The molecule has 2 aromatic carbocycles. The lowest BCUT2D eigenvalue weighted by atomic mass is 10.2. The first kappa shape index (κ1) is 18.9. The van der Waals surface area contributed by atoms with Gasteiger partial charge in [-0.2, -0.15) is 0 Å². The van der Waals surface area contributed by atoms with Crippen molar-refractivity contribution in [3.05, 3.63) is 69.2 Å². The lowest BCUT2D eigenvalue weighted by molar-refractivity contribution is 0.497. The molecule has 0 saturated heterocycles. The molecule has 3 aromatic heterocycles. The molecule has 30 heavy (non-hydrogen) atoms. The highest BCUT2D eigenvalue weighted by Crippen LogP contribution is 2.29. The highest BCUT2D eigenvalue weighted by Gasteiger charge is 2.23. The van der Waals surface area contributed by atoms with E-state index in [0.29, 0.717) is 28.0 Å². The van der Waals surface area contributed by atoms with Crippen LogP contribution >= 0.6 is 15.9 Å². The standard InChI is InChI=1S/C23H20BrN5O/c1-4-13(2)28-14(3)25-21-19(23(28)30)20-22(27-18-8-6-5-7-17(18)26-20)29(21)16-11-9-15(24)10-12-16/h5-13H,4H2,1-3H3/t13-/m0/s1. The summed E-state index contributed by atoms with van der Waals surface area (Å²) in [6.07, 6.45) is 0.841. The summed E-state index contributed by atoms with van der Waals surface area (Å²) in [5.74, 6) is 0.688. The SMILES string of the molecule is CC[C@H](C)n1c(C)nc2c(c1=O)c1nc3ccccc3nc1n2-c1ccc(Br)cc1. The molecular formula is C23H20BrN5O. The van der Waals surface area contributed by atoms with Crippen molar-refractivity contribution in [2.24, 2.45) is 0 Å². The molecule has 0 N–H and O–H groups in total. The number of rotatable bonds is 3. The number of aromatic nitrogens is 5. The van der Waals surface area contributed by atoms with Crippen LogP contribution in [0.1, 0.15) is 32.1 Å². The smallest absolute Gasteiger partial charge is 0.265 e. The zero-order chi connectivity index (χ0) is 21.0. The van der Waals surface area contributed by atoms with Crippen LogP contribution < -0.4 is 5.56 Å². The average molecular weight is 462 g/mol. The van der Waals surface area contributed by atoms with E-state index >= 15 is 0 Å². The quantitative estimate of drug-likeness (QED) is 0.364. The Morgan fingerprint density at radius 1 is 0.967 bits per heavy atom. The largest absolute Gasteiger partial charge is 0.293 e. The topological polar surface area (TPSA) is 65.6 Å². The van der Waals surface area contributed by atoms with Crippen molar-refractivity contribution in [3.63, 3.8) is 0 Å². The van der Waals surface area contributed by atoms with Crippen LogP contribution in [0.5, 0.6) is 0 Å². The Balaban J connectivity index is 2.01. The van der Waals surface area contributed by atoms with Crippen LogP contribution in [0.25, 0.3) is 38.9 Å². The number of benzene rings is 2. The van der Waals surface area contributed by atoms with E-state index in [1.54, 1.807) is 4.57 Å². The van der Waals surface area contributed by atoms with E-state index in [-0.39, 0.29) is 11.6 Å². The molecule has 0 aliphatic heterocycles. The summed E-state index contributed by atoms with van der Waals surface area (Å²) in [5, 5.41) is 0.511. The zero-order valence-corrected chi connectivity index (χ0v) is 18.5. The van der Waals surface area contributed by atoms with Crippen molar-refractivity contribution < 1.29 is 0 Å². The van der Waals surface area contributed by atoms with E-state index in [0.717, 1.165) is 27.6 Å².